The van der Waals surface area contributed by atoms with Crippen molar-refractivity contribution in [1.82, 2.24) is 4.98 Å². The van der Waals surface area contributed by atoms with E-state index >= 15 is 0 Å². The first kappa shape index (κ1) is 11.3. The fourth-order valence-electron chi connectivity index (χ4n) is 0.805. The molecule has 1 aromatic rings. The lowest BCUT2D eigenvalue weighted by Gasteiger charge is -2.05. The van der Waals surface area contributed by atoms with Gasteiger partial charge in [0.15, 0.2) is 0 Å². The van der Waals surface area contributed by atoms with Gasteiger partial charge in [0, 0.05) is 11.9 Å². The zero-order valence-electron chi connectivity index (χ0n) is 7.34. The van der Waals surface area contributed by atoms with Crippen molar-refractivity contribution in [2.45, 2.75) is 11.9 Å². The van der Waals surface area contributed by atoms with Gasteiger partial charge in [-0.05, 0) is 23.7 Å². The minimum Gasteiger partial charge on any atom is -0.318 e. The maximum atomic E-state index is 12.1. The first-order valence-electron chi connectivity index (χ1n) is 3.72. The van der Waals surface area contributed by atoms with Gasteiger partial charge in [-0.2, -0.15) is 13.2 Å². The highest BCUT2D eigenvalue weighted by atomic mass is 32.2. The maximum Gasteiger partial charge on any atom is 0.433 e. The monoisotopic (exact) mass is 223 g/mol. The molecular formula is C8H8F3NOS. The number of rotatable bonds is 3. The third-order valence-corrected chi connectivity index (χ3v) is 2.15. The molecule has 0 aliphatic carbocycles. The first-order valence-corrected chi connectivity index (χ1v) is 4.63. The molecule has 0 aromatic carbocycles. The summed E-state index contributed by atoms with van der Waals surface area (Å²) in [7, 11) is 1.50. The molecule has 6 heteroatoms. The SMILES string of the molecule is COSCc1ccc(C(F)(F)F)nc1. The lowest BCUT2D eigenvalue weighted by molar-refractivity contribution is -0.141. The molecule has 0 N–H and O–H groups in total. The van der Waals surface area contributed by atoms with E-state index in [9.17, 15) is 13.2 Å². The average Bonchev–Trinajstić information content (AvgIpc) is 2.14. The van der Waals surface area contributed by atoms with Crippen LogP contribution in [0.5, 0.6) is 0 Å². The molecule has 0 radical (unpaired) electrons. The maximum absolute atomic E-state index is 12.1. The molecule has 14 heavy (non-hydrogen) atoms. The Labute approximate surface area is 83.7 Å². The molecule has 2 nitrogen and oxygen atoms in total. The average molecular weight is 223 g/mol. The summed E-state index contributed by atoms with van der Waals surface area (Å²) in [5.41, 5.74) is -0.173. The molecule has 0 fully saturated rings. The Balaban J connectivity index is 2.69. The van der Waals surface area contributed by atoms with Gasteiger partial charge in [-0.25, -0.2) is 0 Å². The molecule has 1 rings (SSSR count). The van der Waals surface area contributed by atoms with Gasteiger partial charge < -0.3 is 4.18 Å². The van der Waals surface area contributed by atoms with Gasteiger partial charge >= 0.3 is 6.18 Å². The van der Waals surface area contributed by atoms with Gasteiger partial charge in [0.25, 0.3) is 0 Å². The van der Waals surface area contributed by atoms with Crippen LogP contribution in [0.4, 0.5) is 13.2 Å². The number of aromatic nitrogens is 1. The summed E-state index contributed by atoms with van der Waals surface area (Å²) in [6.07, 6.45) is -3.16. The van der Waals surface area contributed by atoms with E-state index in [1.807, 2.05) is 0 Å². The molecule has 0 saturated carbocycles. The molecule has 0 unspecified atom stereocenters. The van der Waals surface area contributed by atoms with Crippen molar-refractivity contribution in [1.29, 1.82) is 0 Å². The zero-order chi connectivity index (χ0) is 10.6. The van der Waals surface area contributed by atoms with Crippen molar-refractivity contribution in [3.63, 3.8) is 0 Å². The molecular weight excluding hydrogens is 215 g/mol. The Morgan fingerprint density at radius 3 is 2.57 bits per heavy atom. The summed E-state index contributed by atoms with van der Waals surface area (Å²) >= 11 is 1.15. The molecule has 0 atom stereocenters. The minimum atomic E-state index is -4.37. The standard InChI is InChI=1S/C8H8F3NOS/c1-13-14-5-6-2-3-7(12-4-6)8(9,10)11/h2-4H,5H2,1H3. The molecule has 0 spiro atoms. The van der Waals surface area contributed by atoms with Crippen LogP contribution in [0.3, 0.4) is 0 Å². The fourth-order valence-corrected chi connectivity index (χ4v) is 1.23. The summed E-state index contributed by atoms with van der Waals surface area (Å²) < 4.78 is 40.9. The third-order valence-electron chi connectivity index (χ3n) is 1.46. The van der Waals surface area contributed by atoms with E-state index in [1.54, 1.807) is 0 Å². The van der Waals surface area contributed by atoms with E-state index < -0.39 is 11.9 Å². The van der Waals surface area contributed by atoms with Crippen LogP contribution in [0.15, 0.2) is 18.3 Å². The van der Waals surface area contributed by atoms with Gasteiger partial charge in [0.05, 0.1) is 7.11 Å². The number of nitrogens with zero attached hydrogens (tertiary/aromatic N) is 1. The quantitative estimate of drug-likeness (QED) is 0.735. The van der Waals surface area contributed by atoms with Crippen LogP contribution in [-0.4, -0.2) is 12.1 Å². The van der Waals surface area contributed by atoms with Crippen LogP contribution in [0, 0.1) is 0 Å². The second-order valence-electron chi connectivity index (χ2n) is 2.48. The van der Waals surface area contributed by atoms with E-state index in [2.05, 4.69) is 4.98 Å². The summed E-state index contributed by atoms with van der Waals surface area (Å²) in [4.78, 5) is 3.31. The normalized spacial score (nSPS) is 11.7. The van der Waals surface area contributed by atoms with E-state index in [0.29, 0.717) is 11.3 Å². The van der Waals surface area contributed by atoms with Gasteiger partial charge in [0.1, 0.15) is 5.69 Å². The predicted octanol–water partition coefficient (Wildman–Crippen LogP) is 2.90. The summed E-state index contributed by atoms with van der Waals surface area (Å²) in [5.74, 6) is 0.488. The van der Waals surface area contributed by atoms with Crippen molar-refractivity contribution in [2.75, 3.05) is 7.11 Å². The van der Waals surface area contributed by atoms with E-state index in [-0.39, 0.29) is 0 Å². The highest BCUT2D eigenvalue weighted by molar-refractivity contribution is 7.93. The number of hydrogen-bond donors (Lipinski definition) is 0. The van der Waals surface area contributed by atoms with Crippen LogP contribution in [0.25, 0.3) is 0 Å². The Bertz CT molecular complexity index is 286. The van der Waals surface area contributed by atoms with Crippen LogP contribution in [0.1, 0.15) is 11.3 Å². The molecule has 0 aliphatic heterocycles. The molecule has 0 bridgehead atoms. The summed E-state index contributed by atoms with van der Waals surface area (Å²) in [6, 6.07) is 2.35. The van der Waals surface area contributed by atoms with Crippen LogP contribution in [-0.2, 0) is 16.1 Å². The topological polar surface area (TPSA) is 22.1 Å². The van der Waals surface area contributed by atoms with Crippen LogP contribution >= 0.6 is 12.0 Å². The minimum absolute atomic E-state index is 0.488. The van der Waals surface area contributed by atoms with Gasteiger partial charge in [-0.1, -0.05) is 6.07 Å². The summed E-state index contributed by atoms with van der Waals surface area (Å²) in [6.45, 7) is 0. The van der Waals surface area contributed by atoms with E-state index in [4.69, 9.17) is 4.18 Å². The van der Waals surface area contributed by atoms with Crippen molar-refractivity contribution < 1.29 is 17.4 Å². The number of halogens is 3. The Morgan fingerprint density at radius 2 is 2.14 bits per heavy atom. The second kappa shape index (κ2) is 4.65. The van der Waals surface area contributed by atoms with E-state index in [0.717, 1.165) is 18.1 Å². The largest absolute Gasteiger partial charge is 0.433 e. The molecule has 0 saturated heterocycles. The highest BCUT2D eigenvalue weighted by Gasteiger charge is 2.31. The van der Waals surface area contributed by atoms with Gasteiger partial charge in [-0.3, -0.25) is 4.98 Å². The number of hydrogen-bond acceptors (Lipinski definition) is 3. The Morgan fingerprint density at radius 1 is 1.43 bits per heavy atom. The van der Waals surface area contributed by atoms with Crippen LogP contribution in [0.2, 0.25) is 0 Å². The van der Waals surface area contributed by atoms with Crippen molar-refractivity contribution in [3.05, 3.63) is 29.6 Å². The Kier molecular flexibility index (Phi) is 3.77. The first-order chi connectivity index (χ1) is 6.54. The van der Waals surface area contributed by atoms with E-state index in [1.165, 1.54) is 19.4 Å². The van der Waals surface area contributed by atoms with Crippen LogP contribution < -0.4 is 0 Å². The lowest BCUT2D eigenvalue weighted by atomic mass is 10.3. The molecule has 0 aliphatic rings. The van der Waals surface area contributed by atoms with Gasteiger partial charge in [-0.15, -0.1) is 0 Å². The zero-order valence-corrected chi connectivity index (χ0v) is 8.15. The van der Waals surface area contributed by atoms with Crippen molar-refractivity contribution >= 4 is 12.0 Å². The number of pyridine rings is 1. The Hall–Kier alpha value is -0.750. The van der Waals surface area contributed by atoms with Crippen molar-refractivity contribution in [3.8, 4) is 0 Å². The molecule has 0 amide bonds. The van der Waals surface area contributed by atoms with Gasteiger partial charge in [0.2, 0.25) is 0 Å². The second-order valence-corrected chi connectivity index (χ2v) is 3.34. The summed E-state index contributed by atoms with van der Waals surface area (Å²) in [5, 5.41) is 0. The number of alkyl halides is 3. The lowest BCUT2D eigenvalue weighted by Crippen LogP contribution is -2.07. The molecule has 1 heterocycles. The van der Waals surface area contributed by atoms with Crippen molar-refractivity contribution in [2.24, 2.45) is 0 Å². The molecule has 1 aromatic heterocycles. The predicted molar refractivity (Wildman–Crippen MR) is 47.5 cm³/mol. The highest BCUT2D eigenvalue weighted by Crippen LogP contribution is 2.27. The fraction of sp³-hybridized carbons (Fsp3) is 0.375. The smallest absolute Gasteiger partial charge is 0.318 e. The third kappa shape index (κ3) is 3.19. The molecule has 78 valence electrons.